The maximum absolute atomic E-state index is 13.4. The second kappa shape index (κ2) is 10.1. The van der Waals surface area contributed by atoms with Gasteiger partial charge >= 0.3 is 0 Å². The van der Waals surface area contributed by atoms with E-state index >= 15 is 0 Å². The lowest BCUT2D eigenvalue weighted by atomic mass is 9.90. The van der Waals surface area contributed by atoms with E-state index in [0.717, 1.165) is 54.7 Å². The molecule has 35 heavy (non-hydrogen) atoms. The monoisotopic (exact) mass is 514 g/mol. The van der Waals surface area contributed by atoms with Crippen LogP contribution in [-0.2, 0) is 17.6 Å². The van der Waals surface area contributed by atoms with Crippen LogP contribution in [0.1, 0.15) is 52.9 Å². The smallest absolute Gasteiger partial charge is 0.254 e. The van der Waals surface area contributed by atoms with E-state index in [4.69, 9.17) is 22.8 Å². The third-order valence-corrected chi connectivity index (χ3v) is 8.33. The lowest BCUT2D eigenvalue weighted by Crippen LogP contribution is -2.50. The molecule has 5 rings (SSSR count). The number of thiophene rings is 1. The Kier molecular flexibility index (Phi) is 6.90. The first-order chi connectivity index (χ1) is 17.0. The fourth-order valence-corrected chi connectivity index (χ4v) is 6.04. The Morgan fingerprint density at radius 1 is 1.29 bits per heavy atom. The van der Waals surface area contributed by atoms with Crippen molar-refractivity contribution in [2.45, 2.75) is 51.0 Å². The lowest BCUT2D eigenvalue weighted by Gasteiger charge is -2.36. The normalized spacial score (nSPS) is 18.9. The molecule has 3 aliphatic rings. The number of rotatable bonds is 8. The lowest BCUT2D eigenvalue weighted by molar-refractivity contribution is -0.117. The predicted molar refractivity (Wildman–Crippen MR) is 140 cm³/mol. The zero-order valence-electron chi connectivity index (χ0n) is 19.6. The summed E-state index contributed by atoms with van der Waals surface area (Å²) < 4.78 is 5.30. The molecule has 186 valence electrons. The fraction of sp³-hybridized carbons (Fsp3) is 0.500. The standard InChI is InChI=1S/C24H30N6O3S2/c1-33-19-11-16(8-9-26-19)30(24(34)29-25)15-6-7-18-17(10-15)20(22(32)27-12-13-2-3-13)23(35-18)28-21(31)14-4-5-14/h8-9,11,13-15H,2-7,10,12,25H2,1H3,(H,27,32)(H,28,31)(H,29,34)/t15-/m0/s1. The van der Waals surface area contributed by atoms with Crippen LogP contribution in [0, 0.1) is 11.8 Å². The Morgan fingerprint density at radius 2 is 2.09 bits per heavy atom. The molecule has 2 aromatic heterocycles. The third-order valence-electron chi connectivity index (χ3n) is 6.81. The van der Waals surface area contributed by atoms with E-state index in [-0.39, 0.29) is 23.8 Å². The third kappa shape index (κ3) is 5.26. The fourth-order valence-electron chi connectivity index (χ4n) is 4.54. The van der Waals surface area contributed by atoms with E-state index in [2.05, 4.69) is 21.0 Å². The molecule has 0 aliphatic heterocycles. The number of hydrogen-bond donors (Lipinski definition) is 4. The van der Waals surface area contributed by atoms with E-state index in [1.807, 2.05) is 17.0 Å². The number of thiocarbonyl (C=S) groups is 1. The summed E-state index contributed by atoms with van der Waals surface area (Å²) in [6.45, 7) is 0.674. The largest absolute Gasteiger partial charge is 0.481 e. The molecule has 2 fully saturated rings. The highest BCUT2D eigenvalue weighted by molar-refractivity contribution is 7.80. The number of anilines is 2. The van der Waals surface area contributed by atoms with Gasteiger partial charge in [-0.1, -0.05) is 0 Å². The molecule has 0 spiro atoms. The number of hydrogen-bond acceptors (Lipinski definition) is 7. The molecule has 2 aromatic rings. The van der Waals surface area contributed by atoms with Crippen LogP contribution >= 0.6 is 23.6 Å². The quantitative estimate of drug-likeness (QED) is 0.241. The van der Waals surface area contributed by atoms with E-state index in [0.29, 0.717) is 40.4 Å². The SMILES string of the molecule is COc1cc(N(C(=S)NN)[C@H]2CCc3sc(NC(=O)C4CC4)c(C(=O)NCC4CC4)c3C2)ccn1. The van der Waals surface area contributed by atoms with Crippen molar-refractivity contribution in [3.8, 4) is 5.88 Å². The van der Waals surface area contributed by atoms with Crippen molar-refractivity contribution in [1.29, 1.82) is 0 Å². The van der Waals surface area contributed by atoms with Crippen molar-refractivity contribution < 1.29 is 14.3 Å². The number of nitrogens with zero attached hydrogens (tertiary/aromatic N) is 2. The first kappa shape index (κ1) is 24.0. The van der Waals surface area contributed by atoms with Gasteiger partial charge in [0, 0.05) is 35.6 Å². The Labute approximate surface area is 213 Å². The Hall–Kier alpha value is -2.76. The van der Waals surface area contributed by atoms with Crippen molar-refractivity contribution >= 4 is 51.2 Å². The van der Waals surface area contributed by atoms with Gasteiger partial charge in [-0.15, -0.1) is 11.3 Å². The van der Waals surface area contributed by atoms with Crippen LogP contribution in [0.25, 0.3) is 0 Å². The first-order valence-corrected chi connectivity index (χ1v) is 13.2. The maximum atomic E-state index is 13.4. The summed E-state index contributed by atoms with van der Waals surface area (Å²) in [7, 11) is 1.57. The number of carbonyl (C=O) groups excluding carboxylic acids is 2. The van der Waals surface area contributed by atoms with E-state index < -0.39 is 0 Å². The molecular weight excluding hydrogens is 484 g/mol. The molecule has 2 saturated carbocycles. The van der Waals surface area contributed by atoms with Gasteiger partial charge in [0.2, 0.25) is 11.8 Å². The summed E-state index contributed by atoms with van der Waals surface area (Å²) in [5.74, 6) is 6.74. The Morgan fingerprint density at radius 3 is 2.77 bits per heavy atom. The Bertz CT molecular complexity index is 1140. The zero-order chi connectivity index (χ0) is 24.5. The van der Waals surface area contributed by atoms with Gasteiger partial charge in [0.25, 0.3) is 5.91 Å². The molecule has 0 radical (unpaired) electrons. The number of methoxy groups -OCH3 is 1. The number of hydrazine groups is 1. The number of nitrogens with two attached hydrogens (primary N) is 1. The molecule has 3 aliphatic carbocycles. The average molecular weight is 515 g/mol. The molecule has 0 saturated heterocycles. The van der Waals surface area contributed by atoms with Crippen LogP contribution < -0.4 is 31.5 Å². The van der Waals surface area contributed by atoms with Crippen LogP contribution in [0.3, 0.4) is 0 Å². The van der Waals surface area contributed by atoms with Crippen molar-refractivity contribution in [3.63, 3.8) is 0 Å². The summed E-state index contributed by atoms with van der Waals surface area (Å²) in [5.41, 5.74) is 5.01. The molecule has 1 atom stereocenters. The van der Waals surface area contributed by atoms with Gasteiger partial charge in [-0.05, 0) is 74.7 Å². The first-order valence-electron chi connectivity index (χ1n) is 12.0. The number of pyridine rings is 1. The summed E-state index contributed by atoms with van der Waals surface area (Å²) in [6.07, 6.45) is 8.00. The number of carbonyl (C=O) groups is 2. The zero-order valence-corrected chi connectivity index (χ0v) is 21.3. The molecule has 2 heterocycles. The number of ether oxygens (including phenoxy) is 1. The van der Waals surface area contributed by atoms with E-state index in [9.17, 15) is 9.59 Å². The second-order valence-corrected chi connectivity index (χ2v) is 10.9. The van der Waals surface area contributed by atoms with Crippen molar-refractivity contribution in [1.82, 2.24) is 15.7 Å². The minimum atomic E-state index is -0.113. The molecule has 2 amide bonds. The molecule has 5 N–H and O–H groups in total. The number of amides is 2. The van der Waals surface area contributed by atoms with Gasteiger partial charge in [0.15, 0.2) is 5.11 Å². The highest BCUT2D eigenvalue weighted by Gasteiger charge is 2.36. The number of nitrogens with one attached hydrogen (secondary N) is 3. The van der Waals surface area contributed by atoms with E-state index in [1.54, 1.807) is 13.3 Å². The summed E-state index contributed by atoms with van der Waals surface area (Å²) in [6, 6.07) is 3.65. The minimum absolute atomic E-state index is 0.00964. The van der Waals surface area contributed by atoms with Gasteiger partial charge < -0.3 is 25.7 Å². The summed E-state index contributed by atoms with van der Waals surface area (Å²) in [4.78, 5) is 33.3. The highest BCUT2D eigenvalue weighted by Crippen LogP contribution is 2.41. The predicted octanol–water partition coefficient (Wildman–Crippen LogP) is 2.75. The minimum Gasteiger partial charge on any atom is -0.481 e. The van der Waals surface area contributed by atoms with Crippen LogP contribution in [0.2, 0.25) is 0 Å². The molecule has 11 heteroatoms. The summed E-state index contributed by atoms with van der Waals surface area (Å²) >= 11 is 7.10. The van der Waals surface area contributed by atoms with Gasteiger partial charge in [-0.25, -0.2) is 10.8 Å². The van der Waals surface area contributed by atoms with Crippen molar-refractivity contribution in [2.75, 3.05) is 23.9 Å². The average Bonchev–Trinajstić information content (AvgIpc) is 3.79. The second-order valence-electron chi connectivity index (χ2n) is 9.40. The Balaban J connectivity index is 1.46. The van der Waals surface area contributed by atoms with Gasteiger partial charge in [-0.2, -0.15) is 0 Å². The highest BCUT2D eigenvalue weighted by atomic mass is 32.1. The molecule has 0 aromatic carbocycles. The van der Waals surface area contributed by atoms with Gasteiger partial charge in [0.05, 0.1) is 18.4 Å². The molecule has 9 nitrogen and oxygen atoms in total. The van der Waals surface area contributed by atoms with Crippen molar-refractivity contribution in [2.24, 2.45) is 17.7 Å². The van der Waals surface area contributed by atoms with Crippen LogP contribution in [0.15, 0.2) is 18.3 Å². The number of aromatic nitrogens is 1. The molecule has 0 bridgehead atoms. The topological polar surface area (TPSA) is 122 Å². The maximum Gasteiger partial charge on any atom is 0.254 e. The summed E-state index contributed by atoms with van der Waals surface area (Å²) in [5, 5.41) is 7.20. The van der Waals surface area contributed by atoms with Gasteiger partial charge in [-0.3, -0.25) is 9.59 Å². The molecular formula is C24H30N6O3S2. The van der Waals surface area contributed by atoms with Crippen LogP contribution in [0.4, 0.5) is 10.7 Å². The number of fused-ring (bicyclic) bond motifs is 1. The van der Waals surface area contributed by atoms with Gasteiger partial charge in [0.1, 0.15) is 5.00 Å². The number of aryl methyl sites for hydroxylation is 1. The van der Waals surface area contributed by atoms with Crippen LogP contribution in [0.5, 0.6) is 5.88 Å². The van der Waals surface area contributed by atoms with E-state index in [1.165, 1.54) is 11.3 Å². The van der Waals surface area contributed by atoms with Crippen molar-refractivity contribution in [3.05, 3.63) is 34.3 Å². The molecule has 0 unspecified atom stereocenters. The van der Waals surface area contributed by atoms with Crippen LogP contribution in [-0.4, -0.2) is 41.6 Å².